The number of guanidine groups is 1. The van der Waals surface area contributed by atoms with Crippen molar-refractivity contribution in [3.63, 3.8) is 0 Å². The first-order valence-electron chi connectivity index (χ1n) is 11.6. The zero-order valence-corrected chi connectivity index (χ0v) is 20.8. The third kappa shape index (κ3) is 11.7. The van der Waals surface area contributed by atoms with Crippen LogP contribution in [0.1, 0.15) is 38.3 Å². The monoisotopic (exact) mass is 541 g/mol. The Morgan fingerprint density at radius 2 is 1.63 bits per heavy atom. The number of aliphatic hydroxyl groups is 1. The normalized spacial score (nSPS) is 14.7. The predicted molar refractivity (Wildman–Crippen MR) is 132 cm³/mol. The lowest BCUT2D eigenvalue weighted by Crippen LogP contribution is -2.58. The number of amides is 3. The Bertz CT molecular complexity index is 979. The topological polar surface area (TPSA) is 301 Å². The minimum Gasteiger partial charge on any atom is -0.481 e. The van der Waals surface area contributed by atoms with Crippen molar-refractivity contribution < 1.29 is 39.3 Å². The number of aromatic nitrogens is 2. The van der Waals surface area contributed by atoms with Crippen molar-refractivity contribution >= 4 is 35.6 Å². The molecule has 0 saturated carbocycles. The molecule has 0 fully saturated rings. The molecule has 1 rings (SSSR count). The van der Waals surface area contributed by atoms with Crippen LogP contribution in [0.15, 0.2) is 17.5 Å². The van der Waals surface area contributed by atoms with Crippen LogP contribution in [-0.4, -0.2) is 97.7 Å². The minimum atomic E-state index is -1.71. The number of nitrogens with two attached hydrogens (primary N) is 3. The van der Waals surface area contributed by atoms with Crippen LogP contribution in [-0.2, 0) is 30.4 Å². The van der Waals surface area contributed by atoms with E-state index in [9.17, 15) is 34.2 Å². The Hall–Kier alpha value is -4.25. The number of rotatable bonds is 17. The van der Waals surface area contributed by atoms with E-state index in [2.05, 4.69) is 30.9 Å². The number of carboxylic acid groups (broad SMARTS) is 2. The van der Waals surface area contributed by atoms with E-state index in [0.717, 1.165) is 6.92 Å². The van der Waals surface area contributed by atoms with Crippen molar-refractivity contribution in [1.29, 1.82) is 0 Å². The van der Waals surface area contributed by atoms with Crippen LogP contribution >= 0.6 is 0 Å². The van der Waals surface area contributed by atoms with Gasteiger partial charge in [0.2, 0.25) is 17.7 Å². The number of carbonyl (C=O) groups excluding carboxylic acids is 3. The molecular weight excluding hydrogens is 506 g/mol. The summed E-state index contributed by atoms with van der Waals surface area (Å²) in [6.07, 6.45) is 0.823. The number of aliphatic imine (C=N–C) groups is 1. The molecule has 0 saturated heterocycles. The lowest BCUT2D eigenvalue weighted by atomic mass is 10.1. The molecule has 17 nitrogen and oxygen atoms in total. The third-order valence-corrected chi connectivity index (χ3v) is 5.24. The van der Waals surface area contributed by atoms with Crippen LogP contribution in [0.25, 0.3) is 0 Å². The number of aliphatic carboxylic acids is 2. The van der Waals surface area contributed by atoms with Gasteiger partial charge in [-0.25, -0.2) is 9.78 Å². The standard InChI is InChI=1S/C21H35N9O8/c1-10(31)16(20(37)38)30-19(36)14(4-5-15(32)33)29-18(35)13(3-2-6-26-21(23)24)28-17(34)12(22)7-11-8-25-9-27-11/h8-10,12-14,16,31H,2-7,22H2,1H3,(H,25,27)(H,28,34)(H,29,35)(H,30,36)(H,32,33)(H,37,38)(H4,23,24,26). The van der Waals surface area contributed by atoms with E-state index in [0.29, 0.717) is 5.69 Å². The lowest BCUT2D eigenvalue weighted by molar-refractivity contribution is -0.145. The minimum absolute atomic E-state index is 0.0177. The van der Waals surface area contributed by atoms with Crippen LogP contribution in [0.5, 0.6) is 0 Å². The van der Waals surface area contributed by atoms with Gasteiger partial charge in [-0.2, -0.15) is 0 Å². The molecule has 0 aliphatic heterocycles. The molecule has 0 aromatic carbocycles. The van der Waals surface area contributed by atoms with Gasteiger partial charge in [0.25, 0.3) is 0 Å². The van der Waals surface area contributed by atoms with Gasteiger partial charge in [0, 0.05) is 31.3 Å². The molecule has 13 N–H and O–H groups in total. The van der Waals surface area contributed by atoms with Gasteiger partial charge >= 0.3 is 11.9 Å². The van der Waals surface area contributed by atoms with Gasteiger partial charge in [0.15, 0.2) is 12.0 Å². The van der Waals surface area contributed by atoms with E-state index in [-0.39, 0.29) is 31.8 Å². The van der Waals surface area contributed by atoms with Gasteiger partial charge < -0.3 is 53.5 Å². The zero-order chi connectivity index (χ0) is 28.8. The predicted octanol–water partition coefficient (Wildman–Crippen LogP) is -3.88. The first kappa shape index (κ1) is 31.8. The highest BCUT2D eigenvalue weighted by Crippen LogP contribution is 2.06. The Balaban J connectivity index is 3.04. The molecule has 212 valence electrons. The summed E-state index contributed by atoms with van der Waals surface area (Å²) in [7, 11) is 0. The summed E-state index contributed by atoms with van der Waals surface area (Å²) in [4.78, 5) is 71.4. The molecule has 0 spiro atoms. The Labute approximate surface area is 217 Å². The maximum absolute atomic E-state index is 13.1. The van der Waals surface area contributed by atoms with Gasteiger partial charge in [0.1, 0.15) is 12.1 Å². The summed E-state index contributed by atoms with van der Waals surface area (Å²) >= 11 is 0. The van der Waals surface area contributed by atoms with E-state index in [1.165, 1.54) is 12.5 Å². The van der Waals surface area contributed by atoms with E-state index in [1.54, 1.807) is 0 Å². The number of carboxylic acids is 2. The average Bonchev–Trinajstić information content (AvgIpc) is 3.33. The van der Waals surface area contributed by atoms with Gasteiger partial charge in [-0.05, 0) is 26.2 Å². The first-order valence-corrected chi connectivity index (χ1v) is 11.6. The Kier molecular flexibility index (Phi) is 13.2. The average molecular weight is 542 g/mol. The maximum Gasteiger partial charge on any atom is 0.328 e. The third-order valence-electron chi connectivity index (χ3n) is 5.24. The van der Waals surface area contributed by atoms with Crippen LogP contribution in [0, 0.1) is 0 Å². The molecule has 38 heavy (non-hydrogen) atoms. The highest BCUT2D eigenvalue weighted by atomic mass is 16.4. The summed E-state index contributed by atoms with van der Waals surface area (Å²) < 4.78 is 0. The van der Waals surface area contributed by atoms with Crippen molar-refractivity contribution in [3.05, 3.63) is 18.2 Å². The molecule has 5 unspecified atom stereocenters. The number of hydrogen-bond acceptors (Lipinski definition) is 9. The summed E-state index contributed by atoms with van der Waals surface area (Å²) in [5.74, 6) is -5.55. The second kappa shape index (κ2) is 15.8. The number of nitrogens with zero attached hydrogens (tertiary/aromatic N) is 2. The summed E-state index contributed by atoms with van der Waals surface area (Å²) in [6, 6.07) is -5.48. The van der Waals surface area contributed by atoms with E-state index in [1.807, 2.05) is 0 Å². The maximum atomic E-state index is 13.1. The summed E-state index contributed by atoms with van der Waals surface area (Å²) in [6.45, 7) is 1.26. The second-order valence-corrected chi connectivity index (χ2v) is 8.46. The van der Waals surface area contributed by atoms with Crippen molar-refractivity contribution in [3.8, 4) is 0 Å². The number of aromatic amines is 1. The summed E-state index contributed by atoms with van der Waals surface area (Å²) in [5, 5.41) is 34.8. The fourth-order valence-electron chi connectivity index (χ4n) is 3.23. The molecule has 0 aliphatic rings. The largest absolute Gasteiger partial charge is 0.481 e. The molecule has 5 atom stereocenters. The lowest BCUT2D eigenvalue weighted by Gasteiger charge is -2.25. The molecule has 1 heterocycles. The molecule has 0 bridgehead atoms. The fourth-order valence-corrected chi connectivity index (χ4v) is 3.23. The Morgan fingerprint density at radius 1 is 1.03 bits per heavy atom. The van der Waals surface area contributed by atoms with Gasteiger partial charge in [-0.1, -0.05) is 0 Å². The van der Waals surface area contributed by atoms with Crippen molar-refractivity contribution in [2.45, 2.75) is 69.3 Å². The molecule has 1 aromatic heterocycles. The number of hydrogen-bond donors (Lipinski definition) is 10. The number of aliphatic hydroxyl groups excluding tert-OH is 1. The second-order valence-electron chi connectivity index (χ2n) is 8.46. The molecule has 0 radical (unpaired) electrons. The van der Waals surface area contributed by atoms with Crippen molar-refractivity contribution in [2.24, 2.45) is 22.2 Å². The first-order chi connectivity index (χ1) is 17.8. The highest BCUT2D eigenvalue weighted by Gasteiger charge is 2.32. The molecule has 0 aliphatic carbocycles. The Morgan fingerprint density at radius 3 is 2.16 bits per heavy atom. The highest BCUT2D eigenvalue weighted by molar-refractivity contribution is 5.94. The number of H-pyrrole nitrogens is 1. The fraction of sp³-hybridized carbons (Fsp3) is 0.571. The van der Waals surface area contributed by atoms with Crippen LogP contribution in [0.2, 0.25) is 0 Å². The number of imidazole rings is 1. The van der Waals surface area contributed by atoms with Crippen LogP contribution in [0.3, 0.4) is 0 Å². The van der Waals surface area contributed by atoms with Gasteiger partial charge in [-0.3, -0.25) is 24.2 Å². The summed E-state index contributed by atoms with van der Waals surface area (Å²) in [5.41, 5.74) is 17.1. The molecular formula is C21H35N9O8. The molecule has 3 amide bonds. The quantitative estimate of drug-likeness (QED) is 0.0514. The van der Waals surface area contributed by atoms with Gasteiger partial charge in [-0.15, -0.1) is 0 Å². The smallest absolute Gasteiger partial charge is 0.328 e. The molecule has 1 aromatic rings. The van der Waals surface area contributed by atoms with Gasteiger partial charge in [0.05, 0.1) is 18.5 Å². The van der Waals surface area contributed by atoms with E-state index in [4.69, 9.17) is 22.3 Å². The molecule has 17 heteroatoms. The zero-order valence-electron chi connectivity index (χ0n) is 20.8. The van der Waals surface area contributed by atoms with E-state index >= 15 is 0 Å². The van der Waals surface area contributed by atoms with Crippen LogP contribution in [0.4, 0.5) is 0 Å². The number of carbonyl (C=O) groups is 5. The van der Waals surface area contributed by atoms with E-state index < -0.39 is 72.8 Å². The van der Waals surface area contributed by atoms with Crippen molar-refractivity contribution in [2.75, 3.05) is 6.54 Å². The SMILES string of the molecule is CC(O)C(NC(=O)C(CCC(=O)O)NC(=O)C(CCCN=C(N)N)NC(=O)C(N)Cc1cnc[nH]1)C(=O)O. The van der Waals surface area contributed by atoms with Crippen molar-refractivity contribution in [1.82, 2.24) is 25.9 Å². The van der Waals surface area contributed by atoms with Crippen LogP contribution < -0.4 is 33.2 Å². The number of nitrogens with one attached hydrogen (secondary N) is 4.